The van der Waals surface area contributed by atoms with Crippen LogP contribution in [-0.2, 0) is 13.6 Å². The molecule has 2 rings (SSSR count). The first kappa shape index (κ1) is 11.6. The van der Waals surface area contributed by atoms with E-state index >= 15 is 0 Å². The summed E-state index contributed by atoms with van der Waals surface area (Å²) in [5.41, 5.74) is 7.39. The minimum absolute atomic E-state index is 0.396. The Labute approximate surface area is 97.4 Å². The molecule has 4 nitrogen and oxygen atoms in total. The molecule has 2 unspecified atom stereocenters. The van der Waals surface area contributed by atoms with Crippen LogP contribution < -0.4 is 5.73 Å². The predicted molar refractivity (Wildman–Crippen MR) is 64.9 cm³/mol. The standard InChI is InChI=1S/C12H22N4/c1-3-10-7-16(5-4-12(10)13)8-11-6-14-9-15(11)2/h6,9-10,12H,3-5,7-8,13H2,1-2H3. The Morgan fingerprint density at radius 1 is 1.56 bits per heavy atom. The van der Waals surface area contributed by atoms with Gasteiger partial charge in [-0.1, -0.05) is 13.3 Å². The van der Waals surface area contributed by atoms with Crippen molar-refractivity contribution in [2.45, 2.75) is 32.4 Å². The lowest BCUT2D eigenvalue weighted by molar-refractivity contribution is 0.143. The number of aryl methyl sites for hydroxylation is 1. The summed E-state index contributed by atoms with van der Waals surface area (Å²) in [7, 11) is 2.05. The smallest absolute Gasteiger partial charge is 0.0945 e. The molecule has 2 heterocycles. The van der Waals surface area contributed by atoms with Crippen LogP contribution in [0.15, 0.2) is 12.5 Å². The SMILES string of the molecule is CCC1CN(Cc2cncn2C)CCC1N. The number of imidazole rings is 1. The highest BCUT2D eigenvalue weighted by molar-refractivity contribution is 4.98. The highest BCUT2D eigenvalue weighted by Crippen LogP contribution is 2.19. The zero-order valence-electron chi connectivity index (χ0n) is 10.3. The van der Waals surface area contributed by atoms with Crippen molar-refractivity contribution in [2.24, 2.45) is 18.7 Å². The van der Waals surface area contributed by atoms with Gasteiger partial charge >= 0.3 is 0 Å². The molecular weight excluding hydrogens is 200 g/mol. The Morgan fingerprint density at radius 2 is 2.38 bits per heavy atom. The lowest BCUT2D eigenvalue weighted by atomic mass is 9.91. The molecule has 2 N–H and O–H groups in total. The van der Waals surface area contributed by atoms with E-state index in [0.29, 0.717) is 12.0 Å². The first-order valence-corrected chi connectivity index (χ1v) is 6.13. The Bertz CT molecular complexity index is 334. The van der Waals surface area contributed by atoms with Crippen molar-refractivity contribution in [2.75, 3.05) is 13.1 Å². The molecule has 4 heteroatoms. The molecule has 0 radical (unpaired) electrons. The zero-order valence-corrected chi connectivity index (χ0v) is 10.3. The van der Waals surface area contributed by atoms with Gasteiger partial charge in [-0.05, 0) is 12.3 Å². The number of hydrogen-bond donors (Lipinski definition) is 1. The normalized spacial score (nSPS) is 27.2. The van der Waals surface area contributed by atoms with Crippen LogP contribution >= 0.6 is 0 Å². The average Bonchev–Trinajstić information content (AvgIpc) is 2.67. The molecule has 90 valence electrons. The molecule has 0 saturated carbocycles. The van der Waals surface area contributed by atoms with E-state index in [1.54, 1.807) is 0 Å². The molecule has 1 aromatic heterocycles. The number of hydrogen-bond acceptors (Lipinski definition) is 3. The third-order valence-corrected chi connectivity index (χ3v) is 3.70. The molecule has 1 aliphatic rings. The van der Waals surface area contributed by atoms with Gasteiger partial charge in [0.1, 0.15) is 0 Å². The Kier molecular flexibility index (Phi) is 3.61. The summed E-state index contributed by atoms with van der Waals surface area (Å²) in [5, 5.41) is 0. The van der Waals surface area contributed by atoms with Gasteiger partial charge in [0.25, 0.3) is 0 Å². The number of nitrogens with two attached hydrogens (primary N) is 1. The van der Waals surface area contributed by atoms with Crippen LogP contribution in [-0.4, -0.2) is 33.6 Å². The number of aromatic nitrogens is 2. The van der Waals surface area contributed by atoms with Crippen molar-refractivity contribution in [3.05, 3.63) is 18.2 Å². The van der Waals surface area contributed by atoms with Crippen molar-refractivity contribution < 1.29 is 0 Å². The van der Waals surface area contributed by atoms with Gasteiger partial charge in [-0.15, -0.1) is 0 Å². The fraction of sp³-hybridized carbons (Fsp3) is 0.750. The van der Waals surface area contributed by atoms with E-state index in [0.717, 1.165) is 26.1 Å². The van der Waals surface area contributed by atoms with Crippen molar-refractivity contribution >= 4 is 0 Å². The van der Waals surface area contributed by atoms with Gasteiger partial charge in [-0.25, -0.2) is 4.98 Å². The van der Waals surface area contributed by atoms with Crippen LogP contribution in [0.2, 0.25) is 0 Å². The second-order valence-corrected chi connectivity index (χ2v) is 4.85. The van der Waals surface area contributed by atoms with E-state index in [-0.39, 0.29) is 0 Å². The van der Waals surface area contributed by atoms with Gasteiger partial charge in [-0.2, -0.15) is 0 Å². The van der Waals surface area contributed by atoms with Crippen molar-refractivity contribution in [3.8, 4) is 0 Å². The van der Waals surface area contributed by atoms with E-state index < -0.39 is 0 Å². The zero-order chi connectivity index (χ0) is 11.5. The Morgan fingerprint density at radius 3 is 3.00 bits per heavy atom. The summed E-state index contributed by atoms with van der Waals surface area (Å²) in [6.45, 7) is 5.48. The number of rotatable bonds is 3. The number of nitrogens with zero attached hydrogens (tertiary/aromatic N) is 3. The molecule has 0 aliphatic carbocycles. The summed E-state index contributed by atoms with van der Waals surface area (Å²) >= 11 is 0. The molecule has 1 aromatic rings. The minimum Gasteiger partial charge on any atom is -0.337 e. The van der Waals surface area contributed by atoms with Crippen LogP contribution in [0.25, 0.3) is 0 Å². The van der Waals surface area contributed by atoms with Gasteiger partial charge < -0.3 is 10.3 Å². The molecule has 1 aliphatic heterocycles. The monoisotopic (exact) mass is 222 g/mol. The Hall–Kier alpha value is -0.870. The highest BCUT2D eigenvalue weighted by atomic mass is 15.2. The van der Waals surface area contributed by atoms with Crippen LogP contribution in [0.3, 0.4) is 0 Å². The van der Waals surface area contributed by atoms with E-state index in [9.17, 15) is 0 Å². The lowest BCUT2D eigenvalue weighted by Gasteiger charge is -2.36. The molecule has 0 spiro atoms. The van der Waals surface area contributed by atoms with Gasteiger partial charge in [0, 0.05) is 38.9 Å². The summed E-state index contributed by atoms with van der Waals surface area (Å²) in [5.74, 6) is 0.655. The van der Waals surface area contributed by atoms with Crippen molar-refractivity contribution in [1.29, 1.82) is 0 Å². The number of likely N-dealkylation sites (tertiary alicyclic amines) is 1. The van der Waals surface area contributed by atoms with E-state index in [4.69, 9.17) is 5.73 Å². The molecule has 1 fully saturated rings. The summed E-state index contributed by atoms with van der Waals surface area (Å²) in [6.07, 6.45) is 6.12. The van der Waals surface area contributed by atoms with Crippen molar-refractivity contribution in [1.82, 2.24) is 14.5 Å². The van der Waals surface area contributed by atoms with E-state index in [1.165, 1.54) is 12.1 Å². The fourth-order valence-electron chi connectivity index (χ4n) is 2.47. The van der Waals surface area contributed by atoms with Gasteiger partial charge in [0.15, 0.2) is 0 Å². The molecule has 1 saturated heterocycles. The van der Waals surface area contributed by atoms with Crippen LogP contribution in [0.1, 0.15) is 25.5 Å². The minimum atomic E-state index is 0.396. The van der Waals surface area contributed by atoms with Crippen molar-refractivity contribution in [3.63, 3.8) is 0 Å². The molecule has 2 atom stereocenters. The maximum absolute atomic E-state index is 6.11. The predicted octanol–water partition coefficient (Wildman–Crippen LogP) is 0.979. The molecule has 0 bridgehead atoms. The molecular formula is C12H22N4. The number of piperidine rings is 1. The van der Waals surface area contributed by atoms with E-state index in [2.05, 4.69) is 28.4 Å². The first-order chi connectivity index (χ1) is 7.70. The summed E-state index contributed by atoms with van der Waals surface area (Å²) in [4.78, 5) is 6.65. The maximum Gasteiger partial charge on any atom is 0.0945 e. The third-order valence-electron chi connectivity index (χ3n) is 3.70. The average molecular weight is 222 g/mol. The van der Waals surface area contributed by atoms with E-state index in [1.807, 2.05) is 12.5 Å². The first-order valence-electron chi connectivity index (χ1n) is 6.13. The molecule has 0 amide bonds. The second kappa shape index (κ2) is 4.97. The molecule has 16 heavy (non-hydrogen) atoms. The van der Waals surface area contributed by atoms with Gasteiger partial charge in [0.2, 0.25) is 0 Å². The quantitative estimate of drug-likeness (QED) is 0.829. The third kappa shape index (κ3) is 2.44. The highest BCUT2D eigenvalue weighted by Gasteiger charge is 2.25. The molecule has 0 aromatic carbocycles. The van der Waals surface area contributed by atoms with Gasteiger partial charge in [0.05, 0.1) is 12.0 Å². The van der Waals surface area contributed by atoms with Crippen LogP contribution in [0.5, 0.6) is 0 Å². The summed E-state index contributed by atoms with van der Waals surface area (Å²) < 4.78 is 2.09. The van der Waals surface area contributed by atoms with Crippen LogP contribution in [0, 0.1) is 5.92 Å². The maximum atomic E-state index is 6.11. The summed E-state index contributed by atoms with van der Waals surface area (Å²) in [6, 6.07) is 0.396. The topological polar surface area (TPSA) is 47.1 Å². The largest absolute Gasteiger partial charge is 0.337 e. The van der Waals surface area contributed by atoms with Gasteiger partial charge in [-0.3, -0.25) is 4.90 Å². The Balaban J connectivity index is 1.94. The second-order valence-electron chi connectivity index (χ2n) is 4.85. The fourth-order valence-corrected chi connectivity index (χ4v) is 2.47. The van der Waals surface area contributed by atoms with Crippen LogP contribution in [0.4, 0.5) is 0 Å². The lowest BCUT2D eigenvalue weighted by Crippen LogP contribution is -2.46.